The normalized spacial score (nSPS) is 15.3. The molecule has 2 aromatic rings. The summed E-state index contributed by atoms with van der Waals surface area (Å²) in [4.78, 5) is 38.3. The van der Waals surface area contributed by atoms with Crippen LogP contribution in [0, 0.1) is 26.6 Å². The van der Waals surface area contributed by atoms with Crippen molar-refractivity contribution in [2.75, 3.05) is 25.1 Å². The van der Waals surface area contributed by atoms with Gasteiger partial charge in [0, 0.05) is 51.0 Å². The van der Waals surface area contributed by atoms with E-state index in [2.05, 4.69) is 10.6 Å². The fourth-order valence-corrected chi connectivity index (χ4v) is 3.91. The number of aryl methyl sites for hydroxylation is 1. The fraction of sp³-hybridized carbons (Fsp3) is 0.435. The molecule has 3 rings (SSSR count). The molecule has 0 atom stereocenters. The van der Waals surface area contributed by atoms with Crippen molar-refractivity contribution in [1.82, 2.24) is 9.88 Å². The van der Waals surface area contributed by atoms with Gasteiger partial charge in [0.25, 0.3) is 17.6 Å². The summed E-state index contributed by atoms with van der Waals surface area (Å²) < 4.78 is 20.2. The second kappa shape index (κ2) is 9.22. The third-order valence-corrected chi connectivity index (χ3v) is 6.00. The van der Waals surface area contributed by atoms with Crippen LogP contribution in [0.3, 0.4) is 0 Å². The van der Waals surface area contributed by atoms with Gasteiger partial charge in [0.05, 0.1) is 16.9 Å². The van der Waals surface area contributed by atoms with E-state index in [0.29, 0.717) is 48.6 Å². The van der Waals surface area contributed by atoms with Gasteiger partial charge in [0.15, 0.2) is 0 Å². The Morgan fingerprint density at radius 2 is 1.84 bits per heavy atom. The van der Waals surface area contributed by atoms with Crippen LogP contribution in [-0.4, -0.2) is 52.6 Å². The van der Waals surface area contributed by atoms with Crippen molar-refractivity contribution in [3.05, 3.63) is 52.1 Å². The number of carbonyl (C=O) groups excluding carboxylic acids is 3. The maximum atomic E-state index is 13.5. The van der Waals surface area contributed by atoms with Gasteiger partial charge in [-0.05, 0) is 50.1 Å². The summed E-state index contributed by atoms with van der Waals surface area (Å²) in [5.74, 6) is -2.48. The van der Waals surface area contributed by atoms with E-state index in [9.17, 15) is 23.9 Å². The lowest BCUT2D eigenvalue weighted by Gasteiger charge is -2.31. The van der Waals surface area contributed by atoms with Crippen LogP contribution in [0.4, 0.5) is 10.1 Å². The summed E-state index contributed by atoms with van der Waals surface area (Å²) in [5.41, 5.74) is 0.957. The lowest BCUT2D eigenvalue weighted by molar-refractivity contribution is -0.119. The highest BCUT2D eigenvalue weighted by atomic mass is 19.1. The van der Waals surface area contributed by atoms with Gasteiger partial charge in [-0.3, -0.25) is 14.4 Å². The predicted octanol–water partition coefficient (Wildman–Crippen LogP) is 2.18. The molecule has 2 amide bonds. The number of nitrogens with zero attached hydrogens (tertiary/aromatic N) is 1. The van der Waals surface area contributed by atoms with Crippen LogP contribution in [0.1, 0.15) is 50.5 Å². The van der Waals surface area contributed by atoms with Crippen LogP contribution >= 0.6 is 0 Å². The molecule has 0 aliphatic carbocycles. The fourth-order valence-electron chi connectivity index (χ4n) is 3.91. The molecule has 1 aromatic heterocycles. The first-order valence-corrected chi connectivity index (χ1v) is 10.4. The number of hydrogen-bond donors (Lipinski definition) is 3. The molecule has 2 heterocycles. The third kappa shape index (κ3) is 4.73. The molecular weight excluding hydrogens is 417 g/mol. The second-order valence-electron chi connectivity index (χ2n) is 8.26. The Hall–Kier alpha value is -3.04. The molecule has 1 saturated heterocycles. The number of anilines is 1. The quantitative estimate of drug-likeness (QED) is 0.466. The number of amides is 2. The number of halogens is 1. The van der Waals surface area contributed by atoms with E-state index < -0.39 is 23.2 Å². The summed E-state index contributed by atoms with van der Waals surface area (Å²) in [7, 11) is 1.60. The van der Waals surface area contributed by atoms with Gasteiger partial charge >= 0.3 is 0 Å². The van der Waals surface area contributed by atoms with Gasteiger partial charge in [0.1, 0.15) is 5.82 Å². The zero-order valence-corrected chi connectivity index (χ0v) is 18.7. The van der Waals surface area contributed by atoms with Crippen LogP contribution in [0.5, 0.6) is 0 Å². The highest BCUT2D eigenvalue weighted by Crippen LogP contribution is 2.24. The van der Waals surface area contributed by atoms with E-state index in [1.165, 1.54) is 22.8 Å². The van der Waals surface area contributed by atoms with Crippen LogP contribution < -0.4 is 10.6 Å². The van der Waals surface area contributed by atoms with E-state index in [4.69, 9.17) is 4.74 Å². The molecule has 3 N–H and O–H groups in total. The van der Waals surface area contributed by atoms with E-state index in [-0.39, 0.29) is 23.6 Å². The summed E-state index contributed by atoms with van der Waals surface area (Å²) in [5, 5.41) is 15.7. The molecule has 1 fully saturated rings. The summed E-state index contributed by atoms with van der Waals surface area (Å²) in [6.45, 7) is 5.60. The minimum absolute atomic E-state index is 0.0549. The summed E-state index contributed by atoms with van der Waals surface area (Å²) >= 11 is 0. The molecular formula is C23H28FN3O5. The topological polar surface area (TPSA) is 110 Å². The Bertz CT molecular complexity index is 1070. The lowest BCUT2D eigenvalue weighted by atomic mass is 9.94. The number of hydrogen-bond acceptors (Lipinski definition) is 5. The minimum atomic E-state index is -1.11. The van der Waals surface area contributed by atoms with Crippen LogP contribution in [0.25, 0.3) is 0 Å². The van der Waals surface area contributed by atoms with Crippen molar-refractivity contribution in [2.45, 2.75) is 39.2 Å². The van der Waals surface area contributed by atoms with Crippen molar-refractivity contribution in [2.24, 2.45) is 7.05 Å². The number of ether oxygens (including phenoxy) is 1. The van der Waals surface area contributed by atoms with Crippen molar-refractivity contribution in [1.29, 1.82) is 0 Å². The average Bonchev–Trinajstić information content (AvgIpc) is 2.97. The first-order chi connectivity index (χ1) is 15.0. The number of aromatic nitrogens is 1. The maximum Gasteiger partial charge on any atom is 0.294 e. The van der Waals surface area contributed by atoms with E-state index in [0.717, 1.165) is 0 Å². The Kier molecular flexibility index (Phi) is 6.80. The number of ketones is 1. The Labute approximate surface area is 185 Å². The predicted molar refractivity (Wildman–Crippen MR) is 116 cm³/mol. The van der Waals surface area contributed by atoms with Crippen molar-refractivity contribution in [3.8, 4) is 0 Å². The Morgan fingerprint density at radius 1 is 1.19 bits per heavy atom. The summed E-state index contributed by atoms with van der Waals surface area (Å²) in [6.07, 6.45) is 0.744. The molecule has 9 heteroatoms. The molecule has 0 unspecified atom stereocenters. The highest BCUT2D eigenvalue weighted by Gasteiger charge is 2.33. The van der Waals surface area contributed by atoms with Crippen molar-refractivity contribution < 1.29 is 28.6 Å². The number of Topliss-reactive ketones (excluding diaryl/α,β-unsaturated/α-hetero) is 1. The smallest absolute Gasteiger partial charge is 0.294 e. The summed E-state index contributed by atoms with van der Waals surface area (Å²) in [6, 6.07) is 4.23. The molecule has 1 aliphatic rings. The minimum Gasteiger partial charge on any atom is -0.388 e. The van der Waals surface area contributed by atoms with E-state index in [1.807, 2.05) is 0 Å². The highest BCUT2D eigenvalue weighted by molar-refractivity contribution is 6.43. The number of nitrogens with one attached hydrogen (secondary N) is 2. The molecule has 8 nitrogen and oxygen atoms in total. The van der Waals surface area contributed by atoms with Gasteiger partial charge in [-0.2, -0.15) is 0 Å². The average molecular weight is 445 g/mol. The number of carbonyl (C=O) groups is 3. The molecule has 0 bridgehead atoms. The second-order valence-corrected chi connectivity index (χ2v) is 8.26. The van der Waals surface area contributed by atoms with E-state index in [1.54, 1.807) is 27.8 Å². The van der Waals surface area contributed by atoms with Crippen molar-refractivity contribution in [3.63, 3.8) is 0 Å². The van der Waals surface area contributed by atoms with Crippen LogP contribution in [0.15, 0.2) is 18.2 Å². The molecule has 0 saturated carbocycles. The maximum absolute atomic E-state index is 13.5. The van der Waals surface area contributed by atoms with Crippen LogP contribution in [-0.2, 0) is 16.6 Å². The Balaban J connectivity index is 1.78. The monoisotopic (exact) mass is 445 g/mol. The molecule has 1 aromatic carbocycles. The number of rotatable bonds is 6. The van der Waals surface area contributed by atoms with E-state index >= 15 is 0 Å². The zero-order chi connectivity index (χ0) is 23.6. The SMILES string of the molecule is Cc1cc(NC(=O)c2c(C)c(C(=O)C(=O)NCC3(O)CCOCC3)n(C)c2C)ccc1F. The largest absolute Gasteiger partial charge is 0.388 e. The van der Waals surface area contributed by atoms with Gasteiger partial charge in [-0.25, -0.2) is 4.39 Å². The number of benzene rings is 1. The van der Waals surface area contributed by atoms with Crippen LogP contribution in [0.2, 0.25) is 0 Å². The molecule has 172 valence electrons. The standard InChI is InChI=1S/C23H28FN3O5/c1-13-11-16(5-6-17(13)24)26-21(29)18-14(2)19(27(4)15(18)3)20(28)22(30)25-12-23(31)7-9-32-10-8-23/h5-6,11,31H,7-10,12H2,1-4H3,(H,25,30)(H,26,29). The van der Waals surface area contributed by atoms with Gasteiger partial charge in [0.2, 0.25) is 0 Å². The van der Waals surface area contributed by atoms with Crippen molar-refractivity contribution >= 4 is 23.3 Å². The van der Waals surface area contributed by atoms with Gasteiger partial charge in [-0.15, -0.1) is 0 Å². The number of aliphatic hydroxyl groups is 1. The molecule has 0 radical (unpaired) electrons. The first kappa shape index (κ1) is 23.6. The third-order valence-electron chi connectivity index (χ3n) is 6.00. The first-order valence-electron chi connectivity index (χ1n) is 10.4. The molecule has 32 heavy (non-hydrogen) atoms. The Morgan fingerprint density at radius 3 is 2.47 bits per heavy atom. The molecule has 0 spiro atoms. The van der Waals surface area contributed by atoms with Gasteiger partial charge < -0.3 is 25.0 Å². The lowest BCUT2D eigenvalue weighted by Crippen LogP contribution is -2.48. The zero-order valence-electron chi connectivity index (χ0n) is 18.7. The molecule has 1 aliphatic heterocycles. The van der Waals surface area contributed by atoms with Gasteiger partial charge in [-0.1, -0.05) is 0 Å².